The molecule has 0 atom stereocenters. The molecule has 0 N–H and O–H groups in total. The highest BCUT2D eigenvalue weighted by Crippen LogP contribution is 2.28. The Bertz CT molecular complexity index is 820. The molecule has 0 radical (unpaired) electrons. The normalized spacial score (nSPS) is 13.9. The molecule has 7 heteroatoms. The van der Waals surface area contributed by atoms with Crippen LogP contribution in [0.1, 0.15) is 18.9 Å². The maximum atomic E-state index is 12.7. The van der Waals surface area contributed by atoms with Gasteiger partial charge in [-0.2, -0.15) is 0 Å². The number of methoxy groups -OCH3 is 1. The van der Waals surface area contributed by atoms with Crippen LogP contribution in [0.3, 0.4) is 0 Å². The number of nitrogens with zero attached hydrogens (tertiary/aromatic N) is 4. The first-order valence-corrected chi connectivity index (χ1v) is 9.88. The number of ether oxygens (including phenoxy) is 1. The van der Waals surface area contributed by atoms with Crippen molar-refractivity contribution in [1.29, 1.82) is 0 Å². The van der Waals surface area contributed by atoms with E-state index in [2.05, 4.69) is 9.88 Å². The molecule has 0 bridgehead atoms. The fourth-order valence-corrected chi connectivity index (χ4v) is 3.54. The molecule has 2 aromatic rings. The van der Waals surface area contributed by atoms with Crippen molar-refractivity contribution in [3.63, 3.8) is 0 Å². The zero-order valence-electron chi connectivity index (χ0n) is 17.1. The van der Waals surface area contributed by atoms with E-state index in [9.17, 15) is 9.59 Å². The molecule has 1 fully saturated rings. The van der Waals surface area contributed by atoms with Gasteiger partial charge in [-0.3, -0.25) is 14.6 Å². The highest BCUT2D eigenvalue weighted by atomic mass is 16.5. The van der Waals surface area contributed by atoms with Crippen LogP contribution in [0.15, 0.2) is 48.8 Å². The second-order valence-corrected chi connectivity index (χ2v) is 7.09. The zero-order chi connectivity index (χ0) is 20.6. The first-order chi connectivity index (χ1) is 14.1. The molecular formula is C22H28N4O3. The summed E-state index contributed by atoms with van der Waals surface area (Å²) in [7, 11) is 1.67. The number of anilines is 1. The molecule has 0 aliphatic carbocycles. The molecular weight excluding hydrogens is 368 g/mol. The average molecular weight is 396 g/mol. The summed E-state index contributed by atoms with van der Waals surface area (Å²) >= 11 is 0. The lowest BCUT2D eigenvalue weighted by atomic mass is 10.2. The number of rotatable bonds is 7. The van der Waals surface area contributed by atoms with Gasteiger partial charge in [0.15, 0.2) is 0 Å². The minimum absolute atomic E-state index is 0.0392. The lowest BCUT2D eigenvalue weighted by molar-refractivity contribution is -0.134. The van der Waals surface area contributed by atoms with E-state index in [1.165, 1.54) is 6.92 Å². The van der Waals surface area contributed by atoms with Crippen LogP contribution in [0.4, 0.5) is 5.69 Å². The third kappa shape index (κ3) is 5.47. The Balaban J connectivity index is 1.50. The maximum absolute atomic E-state index is 12.7. The molecule has 2 heterocycles. The number of aromatic nitrogens is 1. The summed E-state index contributed by atoms with van der Waals surface area (Å²) in [5, 5.41) is 0. The van der Waals surface area contributed by atoms with Crippen LogP contribution in [0.5, 0.6) is 5.75 Å². The molecule has 7 nitrogen and oxygen atoms in total. The standard InChI is InChI=1S/C22H28N4O3/c1-18(27)26(17-19-6-5-10-23-16-19)11-9-22(28)25-14-12-24(13-15-25)20-7-3-4-8-21(20)29-2/h3-8,10,16H,9,11-15,17H2,1-2H3. The molecule has 29 heavy (non-hydrogen) atoms. The van der Waals surface area contributed by atoms with Gasteiger partial charge in [0.2, 0.25) is 11.8 Å². The number of hydrogen-bond donors (Lipinski definition) is 0. The Morgan fingerprint density at radius 3 is 2.52 bits per heavy atom. The van der Waals surface area contributed by atoms with Gasteiger partial charge in [-0.05, 0) is 23.8 Å². The Morgan fingerprint density at radius 2 is 1.86 bits per heavy atom. The first kappa shape index (κ1) is 20.6. The van der Waals surface area contributed by atoms with Crippen molar-refractivity contribution < 1.29 is 14.3 Å². The van der Waals surface area contributed by atoms with Crippen molar-refractivity contribution in [1.82, 2.24) is 14.8 Å². The van der Waals surface area contributed by atoms with Crippen LogP contribution < -0.4 is 9.64 Å². The number of benzene rings is 1. The van der Waals surface area contributed by atoms with Gasteiger partial charge in [0, 0.05) is 65.0 Å². The number of piperazine rings is 1. The third-order valence-electron chi connectivity index (χ3n) is 5.20. The third-order valence-corrected chi connectivity index (χ3v) is 5.20. The highest BCUT2D eigenvalue weighted by molar-refractivity contribution is 5.78. The Morgan fingerprint density at radius 1 is 1.10 bits per heavy atom. The topological polar surface area (TPSA) is 66.0 Å². The van der Waals surface area contributed by atoms with Gasteiger partial charge in [-0.25, -0.2) is 0 Å². The fourth-order valence-electron chi connectivity index (χ4n) is 3.54. The lowest BCUT2D eigenvalue weighted by Crippen LogP contribution is -2.49. The number of pyridine rings is 1. The largest absolute Gasteiger partial charge is 0.495 e. The summed E-state index contributed by atoms with van der Waals surface area (Å²) in [6.07, 6.45) is 3.78. The molecule has 1 aromatic heterocycles. The van der Waals surface area contributed by atoms with Gasteiger partial charge in [0.25, 0.3) is 0 Å². The van der Waals surface area contributed by atoms with Crippen LogP contribution >= 0.6 is 0 Å². The summed E-state index contributed by atoms with van der Waals surface area (Å²) in [5.41, 5.74) is 2.02. The van der Waals surface area contributed by atoms with Crippen LogP contribution in [0.25, 0.3) is 0 Å². The van der Waals surface area contributed by atoms with E-state index in [1.807, 2.05) is 41.3 Å². The fraction of sp³-hybridized carbons (Fsp3) is 0.409. The first-order valence-electron chi connectivity index (χ1n) is 9.88. The van der Waals surface area contributed by atoms with Crippen molar-refractivity contribution in [2.45, 2.75) is 19.9 Å². The second-order valence-electron chi connectivity index (χ2n) is 7.09. The number of carbonyl (C=O) groups excluding carboxylic acids is 2. The molecule has 0 saturated carbocycles. The van der Waals surface area contributed by atoms with E-state index in [-0.39, 0.29) is 11.8 Å². The van der Waals surface area contributed by atoms with Crippen LogP contribution in [-0.4, -0.2) is 66.4 Å². The maximum Gasteiger partial charge on any atom is 0.224 e. The number of hydrogen-bond acceptors (Lipinski definition) is 5. The molecule has 1 aromatic carbocycles. The number of amides is 2. The summed E-state index contributed by atoms with van der Waals surface area (Å²) in [4.78, 5) is 34.5. The number of carbonyl (C=O) groups is 2. The van der Waals surface area contributed by atoms with Gasteiger partial charge < -0.3 is 19.4 Å². The van der Waals surface area contributed by atoms with E-state index in [4.69, 9.17) is 4.74 Å². The summed E-state index contributed by atoms with van der Waals surface area (Å²) in [5.74, 6) is 0.893. The monoisotopic (exact) mass is 396 g/mol. The Kier molecular flexibility index (Phi) is 7.05. The predicted molar refractivity (Wildman–Crippen MR) is 112 cm³/mol. The SMILES string of the molecule is COc1ccccc1N1CCN(C(=O)CCN(Cc2cccnc2)C(C)=O)CC1. The van der Waals surface area contributed by atoms with E-state index in [0.717, 1.165) is 30.1 Å². The van der Waals surface area contributed by atoms with Crippen LogP contribution in [-0.2, 0) is 16.1 Å². The van der Waals surface area contributed by atoms with E-state index in [0.29, 0.717) is 32.6 Å². The molecule has 1 saturated heterocycles. The zero-order valence-corrected chi connectivity index (χ0v) is 17.1. The van der Waals surface area contributed by atoms with Crippen LogP contribution in [0, 0.1) is 0 Å². The molecule has 1 aliphatic rings. The van der Waals surface area contributed by atoms with Crippen LogP contribution in [0.2, 0.25) is 0 Å². The molecule has 0 spiro atoms. The van der Waals surface area contributed by atoms with Crippen molar-refractivity contribution in [2.24, 2.45) is 0 Å². The quantitative estimate of drug-likeness (QED) is 0.718. The molecule has 2 amide bonds. The summed E-state index contributed by atoms with van der Waals surface area (Å²) in [6.45, 7) is 5.27. The van der Waals surface area contributed by atoms with Crippen molar-refractivity contribution in [3.05, 3.63) is 54.4 Å². The van der Waals surface area contributed by atoms with E-state index in [1.54, 1.807) is 24.4 Å². The van der Waals surface area contributed by atoms with Gasteiger partial charge in [-0.15, -0.1) is 0 Å². The average Bonchev–Trinajstić information content (AvgIpc) is 2.77. The van der Waals surface area contributed by atoms with Gasteiger partial charge in [0.05, 0.1) is 12.8 Å². The molecule has 154 valence electrons. The summed E-state index contributed by atoms with van der Waals surface area (Å²) in [6, 6.07) is 11.7. The van der Waals surface area contributed by atoms with Gasteiger partial charge >= 0.3 is 0 Å². The lowest BCUT2D eigenvalue weighted by Gasteiger charge is -2.37. The molecule has 3 rings (SSSR count). The second kappa shape index (κ2) is 9.91. The van der Waals surface area contributed by atoms with Crippen molar-refractivity contribution in [2.75, 3.05) is 44.7 Å². The Labute approximate surface area is 171 Å². The minimum Gasteiger partial charge on any atom is -0.495 e. The minimum atomic E-state index is -0.0392. The van der Waals surface area contributed by atoms with Gasteiger partial charge in [-0.1, -0.05) is 18.2 Å². The van der Waals surface area contributed by atoms with E-state index < -0.39 is 0 Å². The van der Waals surface area contributed by atoms with E-state index >= 15 is 0 Å². The Hall–Kier alpha value is -3.09. The molecule has 1 aliphatic heterocycles. The predicted octanol–water partition coefficient (Wildman–Crippen LogP) is 2.18. The molecule has 0 unspecified atom stereocenters. The van der Waals surface area contributed by atoms with Crippen molar-refractivity contribution in [3.8, 4) is 5.75 Å². The smallest absolute Gasteiger partial charge is 0.224 e. The van der Waals surface area contributed by atoms with Crippen molar-refractivity contribution >= 4 is 17.5 Å². The summed E-state index contributed by atoms with van der Waals surface area (Å²) < 4.78 is 5.44. The number of para-hydroxylation sites is 2. The van der Waals surface area contributed by atoms with Gasteiger partial charge in [0.1, 0.15) is 5.75 Å². The highest BCUT2D eigenvalue weighted by Gasteiger charge is 2.23.